The number of benzene rings is 1. The van der Waals surface area contributed by atoms with Gasteiger partial charge in [0.15, 0.2) is 0 Å². The number of imidazole rings is 1. The van der Waals surface area contributed by atoms with Crippen LogP contribution in [-0.4, -0.2) is 14.9 Å². The van der Waals surface area contributed by atoms with Gasteiger partial charge in [0.05, 0.1) is 0 Å². The summed E-state index contributed by atoms with van der Waals surface area (Å²) in [7, 11) is 0. The van der Waals surface area contributed by atoms with Crippen molar-refractivity contribution >= 4 is 12.2 Å². The molecule has 0 atom stereocenters. The molecule has 0 saturated heterocycles. The van der Waals surface area contributed by atoms with Crippen molar-refractivity contribution in [2.75, 3.05) is 0 Å². The second kappa shape index (κ2) is 3.31. The van der Waals surface area contributed by atoms with E-state index in [-0.39, 0.29) is 0 Å². The van der Waals surface area contributed by atoms with Crippen LogP contribution in [0, 0.1) is 11.7 Å². The molecule has 2 aromatic rings. The Labute approximate surface area is 86.6 Å². The minimum atomic E-state index is 0.321. The Bertz CT molecular complexity index is 499. The van der Waals surface area contributed by atoms with E-state index in [2.05, 4.69) is 4.98 Å². The Balaban J connectivity index is 2.69. The van der Waals surface area contributed by atoms with Gasteiger partial charge in [0.1, 0.15) is 5.69 Å². The average molecular weight is 206 g/mol. The van der Waals surface area contributed by atoms with Crippen molar-refractivity contribution in [1.29, 1.82) is 0 Å². The maximum absolute atomic E-state index is 9.65. The van der Waals surface area contributed by atoms with Crippen LogP contribution in [0.5, 0.6) is 0 Å². The van der Waals surface area contributed by atoms with Gasteiger partial charge in [0, 0.05) is 11.3 Å². The number of H-pyrrole nitrogens is 1. The molecule has 2 N–H and O–H groups in total. The highest BCUT2D eigenvalue weighted by Crippen LogP contribution is 2.21. The molecule has 72 valence electrons. The Morgan fingerprint density at radius 3 is 2.43 bits per heavy atom. The summed E-state index contributed by atoms with van der Waals surface area (Å²) in [5.41, 5.74) is 2.53. The lowest BCUT2D eigenvalue weighted by Gasteiger charge is -2.01. The lowest BCUT2D eigenvalue weighted by molar-refractivity contribution is 0.186. The highest BCUT2D eigenvalue weighted by Gasteiger charge is 2.09. The van der Waals surface area contributed by atoms with Crippen LogP contribution in [0.3, 0.4) is 0 Å². The van der Waals surface area contributed by atoms with E-state index in [0.29, 0.717) is 4.77 Å². The molecule has 0 radical (unpaired) electrons. The van der Waals surface area contributed by atoms with E-state index in [0.717, 1.165) is 21.7 Å². The molecule has 4 heteroatoms. The molecule has 0 spiro atoms. The van der Waals surface area contributed by atoms with E-state index in [1.807, 2.05) is 37.3 Å². The first kappa shape index (κ1) is 9.02. The number of aryl methyl sites for hydroxylation is 1. The Morgan fingerprint density at radius 1 is 1.29 bits per heavy atom. The Morgan fingerprint density at radius 2 is 1.93 bits per heavy atom. The van der Waals surface area contributed by atoms with E-state index in [9.17, 15) is 5.21 Å². The van der Waals surface area contributed by atoms with Crippen LogP contribution < -0.4 is 0 Å². The van der Waals surface area contributed by atoms with Crippen molar-refractivity contribution in [3.05, 3.63) is 40.8 Å². The molecule has 0 aliphatic carbocycles. The fourth-order valence-corrected chi connectivity index (χ4v) is 1.71. The standard InChI is InChI=1S/C10H10N2OS/c1-7-9(12(13)10(14)11-7)8-5-3-2-4-6-8/h2-6,13H,1H3,(H,11,14). The van der Waals surface area contributed by atoms with E-state index in [1.165, 1.54) is 0 Å². The van der Waals surface area contributed by atoms with Gasteiger partial charge in [-0.1, -0.05) is 30.3 Å². The van der Waals surface area contributed by atoms with Gasteiger partial charge in [-0.3, -0.25) is 0 Å². The molecule has 3 nitrogen and oxygen atoms in total. The molecular weight excluding hydrogens is 196 g/mol. The van der Waals surface area contributed by atoms with Crippen molar-refractivity contribution in [3.63, 3.8) is 0 Å². The molecule has 14 heavy (non-hydrogen) atoms. The minimum absolute atomic E-state index is 0.321. The molecule has 1 aromatic heterocycles. The van der Waals surface area contributed by atoms with Crippen molar-refractivity contribution in [1.82, 2.24) is 9.71 Å². The number of nitrogens with zero attached hydrogens (tertiary/aromatic N) is 1. The molecule has 1 aromatic carbocycles. The van der Waals surface area contributed by atoms with Gasteiger partial charge in [-0.05, 0) is 19.1 Å². The zero-order valence-electron chi connectivity index (χ0n) is 7.69. The van der Waals surface area contributed by atoms with Crippen LogP contribution in [0.1, 0.15) is 5.69 Å². The summed E-state index contributed by atoms with van der Waals surface area (Å²) in [4.78, 5) is 2.90. The van der Waals surface area contributed by atoms with Crippen molar-refractivity contribution in [2.45, 2.75) is 6.92 Å². The SMILES string of the molecule is Cc1[nH]c(=S)n(O)c1-c1ccccc1. The van der Waals surface area contributed by atoms with Crippen LogP contribution in [0.2, 0.25) is 0 Å². The molecule has 0 fully saturated rings. The lowest BCUT2D eigenvalue weighted by atomic mass is 10.1. The van der Waals surface area contributed by atoms with Gasteiger partial charge in [0.2, 0.25) is 4.77 Å². The maximum atomic E-state index is 9.65. The van der Waals surface area contributed by atoms with Gasteiger partial charge in [-0.2, -0.15) is 4.73 Å². The average Bonchev–Trinajstić information content (AvgIpc) is 2.43. The second-order valence-corrected chi connectivity index (χ2v) is 3.47. The predicted molar refractivity (Wildman–Crippen MR) is 57.0 cm³/mol. The number of aromatic amines is 1. The summed E-state index contributed by atoms with van der Waals surface area (Å²) in [5.74, 6) is 0. The number of hydrogen-bond acceptors (Lipinski definition) is 2. The monoisotopic (exact) mass is 206 g/mol. The van der Waals surface area contributed by atoms with E-state index in [4.69, 9.17) is 12.2 Å². The van der Waals surface area contributed by atoms with Gasteiger partial charge in [0.25, 0.3) is 0 Å². The van der Waals surface area contributed by atoms with Crippen LogP contribution >= 0.6 is 12.2 Å². The maximum Gasteiger partial charge on any atom is 0.212 e. The first-order valence-corrected chi connectivity index (χ1v) is 4.67. The molecule has 2 rings (SSSR count). The summed E-state index contributed by atoms with van der Waals surface area (Å²) >= 11 is 4.92. The molecule has 0 saturated carbocycles. The Kier molecular flexibility index (Phi) is 2.13. The molecular formula is C10H10N2OS. The largest absolute Gasteiger partial charge is 0.426 e. The van der Waals surface area contributed by atoms with Crippen LogP contribution in [0.15, 0.2) is 30.3 Å². The van der Waals surface area contributed by atoms with Gasteiger partial charge >= 0.3 is 0 Å². The minimum Gasteiger partial charge on any atom is -0.426 e. The van der Waals surface area contributed by atoms with Crippen molar-refractivity contribution < 1.29 is 5.21 Å². The zero-order valence-corrected chi connectivity index (χ0v) is 8.51. The summed E-state index contributed by atoms with van der Waals surface area (Å²) < 4.78 is 1.32. The van der Waals surface area contributed by atoms with Crippen molar-refractivity contribution in [2.24, 2.45) is 0 Å². The predicted octanol–water partition coefficient (Wildman–Crippen LogP) is 2.76. The van der Waals surface area contributed by atoms with Gasteiger partial charge in [-0.15, -0.1) is 0 Å². The third-order valence-electron chi connectivity index (χ3n) is 2.10. The number of nitrogens with one attached hydrogen (secondary N) is 1. The number of hydrogen-bond donors (Lipinski definition) is 2. The number of aromatic nitrogens is 2. The molecule has 0 aliphatic heterocycles. The summed E-state index contributed by atoms with van der Waals surface area (Å²) in [6.45, 7) is 1.88. The third kappa shape index (κ3) is 1.33. The topological polar surface area (TPSA) is 41.0 Å². The molecule has 1 heterocycles. The highest BCUT2D eigenvalue weighted by atomic mass is 32.1. The second-order valence-electron chi connectivity index (χ2n) is 3.08. The Hall–Kier alpha value is -1.55. The van der Waals surface area contributed by atoms with E-state index >= 15 is 0 Å². The van der Waals surface area contributed by atoms with Crippen LogP contribution in [0.4, 0.5) is 0 Å². The van der Waals surface area contributed by atoms with Gasteiger partial charge in [-0.25, -0.2) is 0 Å². The quantitative estimate of drug-likeness (QED) is 0.556. The van der Waals surface area contributed by atoms with Crippen LogP contribution in [0.25, 0.3) is 11.3 Å². The normalized spacial score (nSPS) is 10.4. The highest BCUT2D eigenvalue weighted by molar-refractivity contribution is 7.71. The lowest BCUT2D eigenvalue weighted by Crippen LogP contribution is -1.93. The molecule has 0 amide bonds. The van der Waals surface area contributed by atoms with E-state index < -0.39 is 0 Å². The van der Waals surface area contributed by atoms with E-state index in [1.54, 1.807) is 0 Å². The molecule has 0 unspecified atom stereocenters. The van der Waals surface area contributed by atoms with Crippen LogP contribution in [-0.2, 0) is 0 Å². The summed E-state index contributed by atoms with van der Waals surface area (Å²) in [6.07, 6.45) is 0. The smallest absolute Gasteiger partial charge is 0.212 e. The zero-order chi connectivity index (χ0) is 10.1. The van der Waals surface area contributed by atoms with Gasteiger partial charge < -0.3 is 10.2 Å². The third-order valence-corrected chi connectivity index (χ3v) is 2.38. The first-order chi connectivity index (χ1) is 6.70. The summed E-state index contributed by atoms with van der Waals surface area (Å²) in [6, 6.07) is 9.63. The van der Waals surface area contributed by atoms with Crippen molar-refractivity contribution in [3.8, 4) is 11.3 Å². The first-order valence-electron chi connectivity index (χ1n) is 4.26. The molecule has 0 bridgehead atoms. The fourth-order valence-electron chi connectivity index (χ4n) is 1.47. The number of rotatable bonds is 1. The summed E-state index contributed by atoms with van der Waals surface area (Å²) in [5, 5.41) is 9.65. The fraction of sp³-hybridized carbons (Fsp3) is 0.100. The molecule has 0 aliphatic rings.